The third-order valence-electron chi connectivity index (χ3n) is 4.83. The van der Waals surface area contributed by atoms with Crippen LogP contribution in [0.25, 0.3) is 10.4 Å². The second-order valence-electron chi connectivity index (χ2n) is 7.77. The molecule has 2 aliphatic rings. The van der Waals surface area contributed by atoms with Gasteiger partial charge in [0.25, 0.3) is 3.79 Å². The van der Waals surface area contributed by atoms with Gasteiger partial charge in [-0.2, -0.15) is 0 Å². The van der Waals surface area contributed by atoms with Gasteiger partial charge in [0.1, 0.15) is 24.9 Å². The normalized spacial score (nSPS) is 30.0. The van der Waals surface area contributed by atoms with Crippen LogP contribution in [0.4, 0.5) is 0 Å². The van der Waals surface area contributed by atoms with Gasteiger partial charge in [0.05, 0.1) is 12.6 Å². The number of halogens is 3. The molecule has 0 aromatic heterocycles. The van der Waals surface area contributed by atoms with Crippen molar-refractivity contribution in [3.8, 4) is 0 Å². The maximum Gasteiger partial charge on any atom is 0.303 e. The fourth-order valence-electron chi connectivity index (χ4n) is 3.55. The molecule has 0 spiro atoms. The highest BCUT2D eigenvalue weighted by Gasteiger charge is 2.52. The van der Waals surface area contributed by atoms with Gasteiger partial charge in [0, 0.05) is 38.5 Å². The maximum absolute atomic E-state index is 11.8. The molecule has 2 saturated heterocycles. The van der Waals surface area contributed by atoms with Crippen LogP contribution in [0, 0.1) is 5.41 Å². The fourth-order valence-corrected chi connectivity index (χ4v) is 3.69. The van der Waals surface area contributed by atoms with E-state index < -0.39 is 70.7 Å². The van der Waals surface area contributed by atoms with Crippen molar-refractivity contribution in [3.63, 3.8) is 0 Å². The van der Waals surface area contributed by atoms with Crippen molar-refractivity contribution in [2.75, 3.05) is 13.2 Å². The molecule has 0 bridgehead atoms. The van der Waals surface area contributed by atoms with Crippen molar-refractivity contribution in [1.29, 1.82) is 5.41 Å². The first kappa shape index (κ1) is 30.2. The Morgan fingerprint density at radius 2 is 1.69 bits per heavy atom. The Morgan fingerprint density at radius 3 is 2.25 bits per heavy atom. The van der Waals surface area contributed by atoms with E-state index in [2.05, 4.69) is 10.0 Å². The summed E-state index contributed by atoms with van der Waals surface area (Å²) in [6.45, 7) is 3.13. The molecular formula is C19H25Cl3N4O10. The Labute approximate surface area is 220 Å². The van der Waals surface area contributed by atoms with E-state index in [1.807, 2.05) is 0 Å². The second-order valence-corrected chi connectivity index (χ2v) is 10.1. The van der Waals surface area contributed by atoms with Crippen LogP contribution in [0.5, 0.6) is 0 Å². The summed E-state index contributed by atoms with van der Waals surface area (Å²) in [4.78, 5) is 37.4. The van der Waals surface area contributed by atoms with Gasteiger partial charge < -0.3 is 33.2 Å². The second kappa shape index (κ2) is 13.5. The molecule has 2 heterocycles. The zero-order valence-electron chi connectivity index (χ0n) is 19.4. The number of carbonyl (C=O) groups excluding carboxylic acids is 3. The number of carbonyl (C=O) groups is 3. The van der Waals surface area contributed by atoms with Crippen molar-refractivity contribution >= 4 is 58.6 Å². The topological polar surface area (TPSA) is 188 Å². The highest BCUT2D eigenvalue weighted by Crippen LogP contribution is 2.35. The van der Waals surface area contributed by atoms with E-state index in [-0.39, 0.29) is 26.0 Å². The van der Waals surface area contributed by atoms with Crippen LogP contribution >= 0.6 is 34.8 Å². The van der Waals surface area contributed by atoms with Crippen LogP contribution in [0.2, 0.25) is 0 Å². The van der Waals surface area contributed by atoms with Crippen LogP contribution in [0.1, 0.15) is 33.6 Å². The maximum atomic E-state index is 11.8. The molecule has 2 rings (SSSR count). The molecule has 36 heavy (non-hydrogen) atoms. The zero-order chi connectivity index (χ0) is 27.0. The lowest BCUT2D eigenvalue weighted by Gasteiger charge is -2.36. The van der Waals surface area contributed by atoms with Crippen molar-refractivity contribution in [2.24, 2.45) is 5.11 Å². The van der Waals surface area contributed by atoms with Gasteiger partial charge in [-0.25, -0.2) is 0 Å². The third kappa shape index (κ3) is 9.43. The zero-order valence-corrected chi connectivity index (χ0v) is 21.7. The molecule has 2 aliphatic heterocycles. The summed E-state index contributed by atoms with van der Waals surface area (Å²) in [5, 5.41) is 11.3. The van der Waals surface area contributed by atoms with Gasteiger partial charge in [-0.3, -0.25) is 19.8 Å². The van der Waals surface area contributed by atoms with Gasteiger partial charge in [-0.1, -0.05) is 39.9 Å². The number of hydrogen-bond donors (Lipinski definition) is 1. The number of hydrogen-bond acceptors (Lipinski definition) is 12. The van der Waals surface area contributed by atoms with E-state index in [0.717, 1.165) is 6.92 Å². The lowest BCUT2D eigenvalue weighted by Crippen LogP contribution is -2.47. The van der Waals surface area contributed by atoms with E-state index in [1.54, 1.807) is 0 Å². The minimum Gasteiger partial charge on any atom is -0.463 e. The van der Waals surface area contributed by atoms with E-state index in [1.165, 1.54) is 13.8 Å². The van der Waals surface area contributed by atoms with E-state index in [9.17, 15) is 14.4 Å². The Kier molecular flexibility index (Phi) is 11.3. The summed E-state index contributed by atoms with van der Waals surface area (Å²) >= 11 is 17.1. The first-order valence-electron chi connectivity index (χ1n) is 10.6. The highest BCUT2D eigenvalue weighted by molar-refractivity contribution is 6.76. The predicted molar refractivity (Wildman–Crippen MR) is 122 cm³/mol. The first-order chi connectivity index (χ1) is 16.8. The smallest absolute Gasteiger partial charge is 0.303 e. The number of azide groups is 1. The quantitative estimate of drug-likeness (QED) is 0.0625. The molecule has 0 aromatic rings. The van der Waals surface area contributed by atoms with Crippen LogP contribution in [-0.4, -0.2) is 83.8 Å². The number of nitrogens with one attached hydrogen (secondary N) is 1. The molecule has 0 radical (unpaired) electrons. The van der Waals surface area contributed by atoms with Gasteiger partial charge in [0.2, 0.25) is 12.2 Å². The first-order valence-corrected chi connectivity index (χ1v) is 11.7. The summed E-state index contributed by atoms with van der Waals surface area (Å²) in [5.74, 6) is -2.72. The minimum absolute atomic E-state index is 0.0638. The molecule has 7 atom stereocenters. The summed E-state index contributed by atoms with van der Waals surface area (Å²) < 4.78 is 36.3. The van der Waals surface area contributed by atoms with Crippen molar-refractivity contribution in [1.82, 2.24) is 0 Å². The molecule has 1 N–H and O–H groups in total. The molecule has 14 nitrogen and oxygen atoms in total. The summed E-state index contributed by atoms with van der Waals surface area (Å²) in [6.07, 6.45) is -7.05. The lowest BCUT2D eigenvalue weighted by atomic mass is 10.0. The van der Waals surface area contributed by atoms with Crippen LogP contribution < -0.4 is 0 Å². The monoisotopic (exact) mass is 574 g/mol. The lowest BCUT2D eigenvalue weighted by molar-refractivity contribution is -0.250. The van der Waals surface area contributed by atoms with E-state index in [4.69, 9.17) is 78.9 Å². The van der Waals surface area contributed by atoms with Crippen molar-refractivity contribution < 1.29 is 47.5 Å². The summed E-state index contributed by atoms with van der Waals surface area (Å²) in [5.41, 5.74) is 8.64. The fraction of sp³-hybridized carbons (Fsp3) is 0.789. The predicted octanol–water partition coefficient (Wildman–Crippen LogP) is 2.70. The molecule has 1 unspecified atom stereocenters. The van der Waals surface area contributed by atoms with Crippen molar-refractivity contribution in [2.45, 2.75) is 80.5 Å². The van der Waals surface area contributed by atoms with Gasteiger partial charge in [-0.15, -0.1) is 0 Å². The molecule has 0 aliphatic carbocycles. The largest absolute Gasteiger partial charge is 0.463 e. The number of nitrogens with zero attached hydrogens (tertiary/aromatic N) is 3. The highest BCUT2D eigenvalue weighted by atomic mass is 35.6. The molecular weight excluding hydrogens is 551 g/mol. The Balaban J connectivity index is 2.30. The van der Waals surface area contributed by atoms with Gasteiger partial charge in [-0.05, 0) is 5.53 Å². The standard InChI is InChI=1S/C19H25Cl3N4O10/c1-8(27)30-7-13-15(16(32-10(3)29)17(34-13)36-18(23)19(20,21)22)35-14-5-11(31-9(2)28)4-12(33-14)6-25-26-24/h11-17,23H,4-7H2,1-3H3/t11-,12+,13+,14+,15+,16+,17?/m0/s1. The number of alkyl halides is 3. The van der Waals surface area contributed by atoms with Crippen LogP contribution in [-0.2, 0) is 47.5 Å². The van der Waals surface area contributed by atoms with Gasteiger partial charge in [0.15, 0.2) is 12.4 Å². The average Bonchev–Trinajstić information content (AvgIpc) is 3.04. The van der Waals surface area contributed by atoms with E-state index in [0.29, 0.717) is 0 Å². The van der Waals surface area contributed by atoms with E-state index >= 15 is 0 Å². The Morgan fingerprint density at radius 1 is 1.03 bits per heavy atom. The molecule has 0 aromatic carbocycles. The van der Waals surface area contributed by atoms with Gasteiger partial charge >= 0.3 is 17.9 Å². The Hall–Kier alpha value is -2.06. The molecule has 0 saturated carbocycles. The number of rotatable bonds is 9. The minimum atomic E-state index is -2.24. The molecule has 0 amide bonds. The summed E-state index contributed by atoms with van der Waals surface area (Å²) in [6, 6.07) is 0. The van der Waals surface area contributed by atoms with Crippen LogP contribution in [0.15, 0.2) is 5.11 Å². The average molecular weight is 576 g/mol. The van der Waals surface area contributed by atoms with Crippen molar-refractivity contribution in [3.05, 3.63) is 10.4 Å². The van der Waals surface area contributed by atoms with Crippen LogP contribution in [0.3, 0.4) is 0 Å². The number of ether oxygens (including phenoxy) is 7. The number of esters is 3. The third-order valence-corrected chi connectivity index (χ3v) is 5.34. The SMILES string of the molecule is CC(=O)OC[C@H]1OC(OC(=N)C(Cl)(Cl)Cl)[C@H](OC(C)=O)[C@@H]1O[C@@H]1C[C@@H](OC(C)=O)C[C@H](CN=[N+]=[N-])O1. The Bertz CT molecular complexity index is 870. The summed E-state index contributed by atoms with van der Waals surface area (Å²) in [7, 11) is 0. The molecule has 17 heteroatoms. The molecule has 2 fully saturated rings. The molecule has 202 valence electrons.